The molecule has 1 aliphatic heterocycles. The number of nitrogens with zero attached hydrogens (tertiary/aromatic N) is 5. The van der Waals surface area contributed by atoms with Gasteiger partial charge in [0.25, 0.3) is 5.91 Å². The van der Waals surface area contributed by atoms with E-state index in [1.165, 1.54) is 12.1 Å². The largest absolute Gasteiger partial charge is 0.493 e. The Kier molecular flexibility index (Phi) is 9.86. The van der Waals surface area contributed by atoms with Crippen molar-refractivity contribution < 1.29 is 19.0 Å². The van der Waals surface area contributed by atoms with Gasteiger partial charge in [-0.2, -0.15) is 5.10 Å². The Bertz CT molecular complexity index is 1210. The number of aromatic nitrogens is 4. The summed E-state index contributed by atoms with van der Waals surface area (Å²) in [5.41, 5.74) is 1.93. The van der Waals surface area contributed by atoms with Gasteiger partial charge in [-0.3, -0.25) is 9.48 Å². The van der Waals surface area contributed by atoms with Crippen molar-refractivity contribution in [3.63, 3.8) is 0 Å². The molecule has 1 aromatic carbocycles. The number of aliphatic hydroxyl groups is 1. The highest BCUT2D eigenvalue weighted by Gasteiger charge is 2.21. The maximum absolute atomic E-state index is 14.3. The zero-order valence-corrected chi connectivity index (χ0v) is 23.0. The number of nitrogens with one attached hydrogen (secondary N) is 1. The number of anilines is 1. The minimum absolute atomic E-state index is 0.0638. The van der Waals surface area contributed by atoms with Gasteiger partial charge in [0.2, 0.25) is 5.95 Å². The summed E-state index contributed by atoms with van der Waals surface area (Å²) in [5.74, 6) is 1.12. The van der Waals surface area contributed by atoms with Crippen LogP contribution in [0.2, 0.25) is 0 Å². The molecule has 0 radical (unpaired) electrons. The van der Waals surface area contributed by atoms with Crippen LogP contribution in [0.5, 0.6) is 5.75 Å². The molecule has 4 rings (SSSR count). The fraction of sp³-hybridized carbons (Fsp3) is 0.517. The smallest absolute Gasteiger partial charge is 0.254 e. The number of piperidine rings is 1. The van der Waals surface area contributed by atoms with Crippen LogP contribution in [0, 0.1) is 17.7 Å². The third-order valence-electron chi connectivity index (χ3n) is 6.82. The number of hydrogen-bond acceptors (Lipinski definition) is 7. The van der Waals surface area contributed by atoms with Gasteiger partial charge in [-0.25, -0.2) is 14.4 Å². The van der Waals surface area contributed by atoms with Gasteiger partial charge in [0.15, 0.2) is 0 Å². The Labute approximate surface area is 229 Å². The van der Waals surface area contributed by atoms with E-state index in [1.807, 2.05) is 29.5 Å². The summed E-state index contributed by atoms with van der Waals surface area (Å²) in [6, 6.07) is 4.24. The molecule has 1 aliphatic rings. The second-order valence-corrected chi connectivity index (χ2v) is 10.7. The molecule has 2 N–H and O–H groups in total. The number of hydrogen-bond donors (Lipinski definition) is 2. The van der Waals surface area contributed by atoms with Crippen molar-refractivity contribution in [1.82, 2.24) is 25.1 Å². The van der Waals surface area contributed by atoms with Crippen LogP contribution in [0.1, 0.15) is 56.8 Å². The third-order valence-corrected chi connectivity index (χ3v) is 6.82. The van der Waals surface area contributed by atoms with E-state index in [9.17, 15) is 14.3 Å². The standard InChI is InChI=1S/C29H39FN6O3/c1-20(2)18-36-19-24(17-34-36)23-15-32-29(33-16-23)35-10-8-22(9-11-35)5-4-12-39-25-6-7-26(27(30)13-25)28(38)31-14-21(3)37/h6-7,13,15-17,19-22,37H,4-5,8-12,14,18H2,1-3H3,(H,31,38)/t21-/m1/s1. The first kappa shape index (κ1) is 28.5. The van der Waals surface area contributed by atoms with Crippen molar-refractivity contribution in [3.8, 4) is 16.9 Å². The number of amides is 1. The third kappa shape index (κ3) is 8.23. The van der Waals surface area contributed by atoms with Gasteiger partial charge in [-0.05, 0) is 56.6 Å². The molecule has 0 spiro atoms. The summed E-state index contributed by atoms with van der Waals surface area (Å²) < 4.78 is 22.0. The zero-order chi connectivity index (χ0) is 27.8. The van der Waals surface area contributed by atoms with E-state index in [0.717, 1.165) is 62.4 Å². The fourth-order valence-electron chi connectivity index (χ4n) is 4.71. The van der Waals surface area contributed by atoms with E-state index >= 15 is 0 Å². The van der Waals surface area contributed by atoms with E-state index in [4.69, 9.17) is 4.74 Å². The van der Waals surface area contributed by atoms with Gasteiger partial charge in [-0.15, -0.1) is 0 Å². The van der Waals surface area contributed by atoms with Crippen molar-refractivity contribution in [1.29, 1.82) is 0 Å². The van der Waals surface area contributed by atoms with Gasteiger partial charge in [-0.1, -0.05) is 13.8 Å². The van der Waals surface area contributed by atoms with Crippen molar-refractivity contribution in [3.05, 3.63) is 54.4 Å². The molecule has 1 saturated heterocycles. The molecule has 0 aliphatic carbocycles. The summed E-state index contributed by atoms with van der Waals surface area (Å²) in [6.07, 6.45) is 11.0. The Morgan fingerprint density at radius 1 is 1.15 bits per heavy atom. The molecular weight excluding hydrogens is 499 g/mol. The van der Waals surface area contributed by atoms with E-state index < -0.39 is 17.8 Å². The lowest BCUT2D eigenvalue weighted by atomic mass is 9.92. The van der Waals surface area contributed by atoms with Crippen LogP contribution in [0.4, 0.5) is 10.3 Å². The summed E-state index contributed by atoms with van der Waals surface area (Å²) in [7, 11) is 0. The van der Waals surface area contributed by atoms with E-state index in [-0.39, 0.29) is 12.1 Å². The first-order valence-corrected chi connectivity index (χ1v) is 13.8. The Morgan fingerprint density at radius 2 is 1.90 bits per heavy atom. The Balaban J connectivity index is 1.17. The van der Waals surface area contributed by atoms with Crippen LogP contribution in [0.25, 0.3) is 11.1 Å². The van der Waals surface area contributed by atoms with E-state index in [1.54, 1.807) is 13.0 Å². The predicted molar refractivity (Wildman–Crippen MR) is 148 cm³/mol. The van der Waals surface area contributed by atoms with Crippen molar-refractivity contribution in [2.75, 3.05) is 31.1 Å². The Morgan fingerprint density at radius 3 is 2.56 bits per heavy atom. The first-order valence-electron chi connectivity index (χ1n) is 13.8. The molecule has 39 heavy (non-hydrogen) atoms. The molecule has 3 heterocycles. The molecule has 0 bridgehead atoms. The second kappa shape index (κ2) is 13.5. The lowest BCUT2D eigenvalue weighted by Gasteiger charge is -2.32. The topological polar surface area (TPSA) is 105 Å². The van der Waals surface area contributed by atoms with Crippen molar-refractivity contribution in [2.45, 2.75) is 59.1 Å². The average Bonchev–Trinajstić information content (AvgIpc) is 3.38. The van der Waals surface area contributed by atoms with Crippen LogP contribution < -0.4 is 15.0 Å². The van der Waals surface area contributed by atoms with Gasteiger partial charge in [0.1, 0.15) is 11.6 Å². The lowest BCUT2D eigenvalue weighted by molar-refractivity contribution is 0.0920. The molecule has 210 valence electrons. The van der Waals surface area contributed by atoms with Crippen LogP contribution in [-0.2, 0) is 6.54 Å². The molecule has 0 unspecified atom stereocenters. The lowest BCUT2D eigenvalue weighted by Crippen LogP contribution is -2.34. The molecule has 1 atom stereocenters. The Hall–Kier alpha value is -3.53. The van der Waals surface area contributed by atoms with Gasteiger partial charge in [0.05, 0.1) is 24.5 Å². The van der Waals surface area contributed by atoms with Crippen LogP contribution in [0.3, 0.4) is 0 Å². The normalized spacial score (nSPS) is 15.0. The van der Waals surface area contributed by atoms with Gasteiger partial charge >= 0.3 is 0 Å². The summed E-state index contributed by atoms with van der Waals surface area (Å²) in [5, 5.41) is 16.2. The molecular formula is C29H39FN6O3. The molecule has 1 fully saturated rings. The van der Waals surface area contributed by atoms with E-state index in [2.05, 4.69) is 39.1 Å². The molecule has 0 saturated carbocycles. The zero-order valence-electron chi connectivity index (χ0n) is 23.0. The minimum Gasteiger partial charge on any atom is -0.493 e. The summed E-state index contributed by atoms with van der Waals surface area (Å²) in [4.78, 5) is 23.5. The molecule has 10 heteroatoms. The van der Waals surface area contributed by atoms with Gasteiger partial charge in [0, 0.05) is 62.0 Å². The van der Waals surface area contributed by atoms with Crippen LogP contribution >= 0.6 is 0 Å². The SMILES string of the molecule is CC(C)Cn1cc(-c2cnc(N3CCC(CCCOc4ccc(C(=O)NC[C@@H](C)O)c(F)c4)CC3)nc2)cn1. The minimum atomic E-state index is -0.691. The van der Waals surface area contributed by atoms with Gasteiger partial charge < -0.3 is 20.1 Å². The predicted octanol–water partition coefficient (Wildman–Crippen LogP) is 4.32. The molecule has 9 nitrogen and oxygen atoms in total. The quantitative estimate of drug-likeness (QED) is 0.331. The number of halogens is 1. The van der Waals surface area contributed by atoms with Crippen LogP contribution in [0.15, 0.2) is 43.0 Å². The maximum Gasteiger partial charge on any atom is 0.254 e. The molecule has 1 amide bonds. The maximum atomic E-state index is 14.3. The summed E-state index contributed by atoms with van der Waals surface area (Å²) >= 11 is 0. The molecule has 3 aromatic rings. The number of carbonyl (C=O) groups excluding carboxylic acids is 1. The van der Waals surface area contributed by atoms with Crippen molar-refractivity contribution >= 4 is 11.9 Å². The number of benzene rings is 1. The highest BCUT2D eigenvalue weighted by atomic mass is 19.1. The van der Waals surface area contributed by atoms with Crippen LogP contribution in [-0.4, -0.2) is 63.1 Å². The fourth-order valence-corrected chi connectivity index (χ4v) is 4.71. The second-order valence-electron chi connectivity index (χ2n) is 10.7. The average molecular weight is 539 g/mol. The van der Waals surface area contributed by atoms with Crippen molar-refractivity contribution in [2.24, 2.45) is 11.8 Å². The highest BCUT2D eigenvalue weighted by molar-refractivity contribution is 5.94. The number of aliphatic hydroxyl groups excluding tert-OH is 1. The number of ether oxygens (including phenoxy) is 1. The number of rotatable bonds is 12. The molecule has 2 aromatic heterocycles. The first-order chi connectivity index (χ1) is 18.8. The number of carbonyl (C=O) groups is 1. The summed E-state index contributed by atoms with van der Waals surface area (Å²) in [6.45, 7) is 9.18. The highest BCUT2D eigenvalue weighted by Crippen LogP contribution is 2.26. The van der Waals surface area contributed by atoms with E-state index in [0.29, 0.717) is 24.2 Å². The monoisotopic (exact) mass is 538 g/mol.